The van der Waals surface area contributed by atoms with E-state index in [9.17, 15) is 9.59 Å². The van der Waals surface area contributed by atoms with E-state index in [1.807, 2.05) is 30.9 Å². The Morgan fingerprint density at radius 2 is 1.73 bits per heavy atom. The Morgan fingerprint density at radius 3 is 2.40 bits per heavy atom. The molecule has 3 fully saturated rings. The zero-order chi connectivity index (χ0) is 21.1. The summed E-state index contributed by atoms with van der Waals surface area (Å²) in [6.45, 7) is 8.21. The molecule has 2 saturated heterocycles. The molecule has 30 heavy (non-hydrogen) atoms. The molecule has 0 radical (unpaired) electrons. The zero-order valence-electron chi connectivity index (χ0n) is 18.2. The quantitative estimate of drug-likeness (QED) is 0.738. The van der Waals surface area contributed by atoms with Crippen LogP contribution in [-0.4, -0.2) is 78.1 Å². The van der Waals surface area contributed by atoms with E-state index >= 15 is 0 Å². The number of carbonyl (C=O) groups excluding carboxylic acids is 2. The molecule has 2 aliphatic heterocycles. The molecule has 1 N–H and O–H groups in total. The largest absolute Gasteiger partial charge is 0.378 e. The average molecular weight is 415 g/mol. The highest BCUT2D eigenvalue weighted by Gasteiger charge is 2.38. The van der Waals surface area contributed by atoms with Gasteiger partial charge in [0, 0.05) is 61.6 Å². The van der Waals surface area contributed by atoms with Gasteiger partial charge in [-0.2, -0.15) is 0 Å². The Hall–Kier alpha value is -1.99. The summed E-state index contributed by atoms with van der Waals surface area (Å²) in [5.41, 5.74) is 2.39. The third-order valence-corrected chi connectivity index (χ3v) is 6.55. The molecule has 0 unspecified atom stereocenters. The van der Waals surface area contributed by atoms with Gasteiger partial charge in [0.25, 0.3) is 5.91 Å². The van der Waals surface area contributed by atoms with Crippen molar-refractivity contribution in [1.82, 2.24) is 20.1 Å². The number of aryl methyl sites for hydroxylation is 2. The molecule has 1 aromatic rings. The molecule has 2 atom stereocenters. The minimum absolute atomic E-state index is 0.0391. The van der Waals surface area contributed by atoms with Crippen LogP contribution in [0.3, 0.4) is 0 Å². The summed E-state index contributed by atoms with van der Waals surface area (Å²) in [4.78, 5) is 34.3. The fourth-order valence-electron chi connectivity index (χ4n) is 4.77. The minimum Gasteiger partial charge on any atom is -0.378 e. The molecule has 1 aromatic heterocycles. The SMILES string of the molecule is Cc1cc(C(=O)NC[C@@H]2CC[C@H](CC(=O)N3CCOCC3)N2CC2CC2)cc(C)n1. The summed E-state index contributed by atoms with van der Waals surface area (Å²) in [6.07, 6.45) is 5.21. The van der Waals surface area contributed by atoms with Gasteiger partial charge in [-0.1, -0.05) is 0 Å². The predicted molar refractivity (Wildman–Crippen MR) is 114 cm³/mol. The molecule has 7 nitrogen and oxygen atoms in total. The average Bonchev–Trinajstić information content (AvgIpc) is 3.48. The Labute approximate surface area is 179 Å². The monoisotopic (exact) mass is 414 g/mol. The molecular formula is C23H34N4O3. The van der Waals surface area contributed by atoms with Crippen LogP contribution in [0.15, 0.2) is 12.1 Å². The van der Waals surface area contributed by atoms with Crippen molar-refractivity contribution >= 4 is 11.8 Å². The summed E-state index contributed by atoms with van der Waals surface area (Å²) >= 11 is 0. The molecule has 3 heterocycles. The Bertz CT molecular complexity index is 753. The van der Waals surface area contributed by atoms with Crippen LogP contribution in [0.2, 0.25) is 0 Å². The smallest absolute Gasteiger partial charge is 0.251 e. The number of rotatable bonds is 7. The van der Waals surface area contributed by atoms with Crippen LogP contribution in [-0.2, 0) is 9.53 Å². The highest BCUT2D eigenvalue weighted by atomic mass is 16.5. The third-order valence-electron chi connectivity index (χ3n) is 6.55. The van der Waals surface area contributed by atoms with Gasteiger partial charge >= 0.3 is 0 Å². The summed E-state index contributed by atoms with van der Waals surface area (Å²) in [5.74, 6) is 0.965. The van der Waals surface area contributed by atoms with Crippen molar-refractivity contribution in [3.05, 3.63) is 29.1 Å². The van der Waals surface area contributed by atoms with Crippen LogP contribution >= 0.6 is 0 Å². The number of amides is 2. The first-order valence-electron chi connectivity index (χ1n) is 11.3. The van der Waals surface area contributed by atoms with Gasteiger partial charge in [-0.3, -0.25) is 19.5 Å². The highest BCUT2D eigenvalue weighted by Crippen LogP contribution is 2.35. The number of morpholine rings is 1. The summed E-state index contributed by atoms with van der Waals surface area (Å²) < 4.78 is 5.38. The van der Waals surface area contributed by atoms with E-state index in [1.165, 1.54) is 12.8 Å². The van der Waals surface area contributed by atoms with Gasteiger partial charge in [0.05, 0.1) is 13.2 Å². The normalized spacial score (nSPS) is 24.8. The van der Waals surface area contributed by atoms with E-state index in [2.05, 4.69) is 15.2 Å². The van der Waals surface area contributed by atoms with E-state index in [-0.39, 0.29) is 17.9 Å². The van der Waals surface area contributed by atoms with Crippen LogP contribution in [0, 0.1) is 19.8 Å². The second-order valence-electron chi connectivity index (χ2n) is 9.07. The standard InChI is InChI=1S/C23H34N4O3/c1-16-11-19(12-17(2)25-16)23(29)24-14-21-6-5-20(27(21)15-18-3-4-18)13-22(28)26-7-9-30-10-8-26/h11-12,18,20-21H,3-10,13-15H2,1-2H3,(H,24,29)/t20-,21+/m1/s1. The topological polar surface area (TPSA) is 74.8 Å². The summed E-state index contributed by atoms with van der Waals surface area (Å²) in [7, 11) is 0. The first kappa shape index (κ1) is 21.2. The lowest BCUT2D eigenvalue weighted by Gasteiger charge is -2.33. The molecule has 0 aromatic carbocycles. The minimum atomic E-state index is -0.0391. The Balaban J connectivity index is 1.35. The molecule has 2 amide bonds. The maximum absolute atomic E-state index is 12.8. The molecule has 0 bridgehead atoms. The van der Waals surface area contributed by atoms with Gasteiger partial charge in [0.15, 0.2) is 0 Å². The second-order valence-corrected chi connectivity index (χ2v) is 9.07. The van der Waals surface area contributed by atoms with Crippen molar-refractivity contribution < 1.29 is 14.3 Å². The van der Waals surface area contributed by atoms with Crippen molar-refractivity contribution in [2.24, 2.45) is 5.92 Å². The number of pyridine rings is 1. The first-order chi connectivity index (χ1) is 14.5. The summed E-state index contributed by atoms with van der Waals surface area (Å²) in [6, 6.07) is 4.26. The third kappa shape index (κ3) is 5.38. The number of ether oxygens (including phenoxy) is 1. The van der Waals surface area contributed by atoms with Crippen molar-refractivity contribution in [3.8, 4) is 0 Å². The number of nitrogens with zero attached hydrogens (tertiary/aromatic N) is 3. The van der Waals surface area contributed by atoms with Crippen molar-refractivity contribution in [2.75, 3.05) is 39.4 Å². The van der Waals surface area contributed by atoms with Gasteiger partial charge < -0.3 is 15.0 Å². The lowest BCUT2D eigenvalue weighted by Crippen LogP contribution is -2.47. The lowest BCUT2D eigenvalue weighted by molar-refractivity contribution is -0.136. The van der Waals surface area contributed by atoms with Crippen LogP contribution < -0.4 is 5.32 Å². The van der Waals surface area contributed by atoms with Crippen molar-refractivity contribution in [2.45, 2.75) is 58.0 Å². The molecule has 164 valence electrons. The Kier molecular flexibility index (Phi) is 6.68. The molecule has 4 rings (SSSR count). The number of nitrogens with one attached hydrogen (secondary N) is 1. The zero-order valence-corrected chi connectivity index (χ0v) is 18.2. The fraction of sp³-hybridized carbons (Fsp3) is 0.696. The van der Waals surface area contributed by atoms with Gasteiger partial charge in [-0.15, -0.1) is 0 Å². The number of aromatic nitrogens is 1. The van der Waals surface area contributed by atoms with Crippen LogP contribution in [0.4, 0.5) is 0 Å². The molecule has 7 heteroatoms. The van der Waals surface area contributed by atoms with Crippen LogP contribution in [0.25, 0.3) is 0 Å². The number of likely N-dealkylation sites (tertiary alicyclic amines) is 1. The van der Waals surface area contributed by atoms with E-state index < -0.39 is 0 Å². The number of hydrogen-bond donors (Lipinski definition) is 1. The van der Waals surface area contributed by atoms with Crippen molar-refractivity contribution in [3.63, 3.8) is 0 Å². The van der Waals surface area contributed by atoms with Gasteiger partial charge in [0.2, 0.25) is 5.91 Å². The molecule has 1 saturated carbocycles. The predicted octanol–water partition coefficient (Wildman–Crippen LogP) is 1.92. The van der Waals surface area contributed by atoms with E-state index in [4.69, 9.17) is 4.74 Å². The molecule has 0 spiro atoms. The maximum atomic E-state index is 12.8. The lowest BCUT2D eigenvalue weighted by atomic mass is 10.1. The van der Waals surface area contributed by atoms with Crippen LogP contribution in [0.5, 0.6) is 0 Å². The Morgan fingerprint density at radius 1 is 1.07 bits per heavy atom. The summed E-state index contributed by atoms with van der Waals surface area (Å²) in [5, 5.41) is 3.14. The number of hydrogen-bond acceptors (Lipinski definition) is 5. The van der Waals surface area contributed by atoms with Crippen LogP contribution in [0.1, 0.15) is 53.8 Å². The fourth-order valence-corrected chi connectivity index (χ4v) is 4.77. The van der Waals surface area contributed by atoms with E-state index in [0.717, 1.165) is 36.7 Å². The highest BCUT2D eigenvalue weighted by molar-refractivity contribution is 5.94. The van der Waals surface area contributed by atoms with Gasteiger partial charge in [-0.05, 0) is 57.6 Å². The van der Waals surface area contributed by atoms with Gasteiger partial charge in [0.1, 0.15) is 0 Å². The van der Waals surface area contributed by atoms with E-state index in [0.29, 0.717) is 50.9 Å². The molecular weight excluding hydrogens is 380 g/mol. The second kappa shape index (κ2) is 9.43. The van der Waals surface area contributed by atoms with Gasteiger partial charge in [-0.25, -0.2) is 0 Å². The van der Waals surface area contributed by atoms with Crippen molar-refractivity contribution in [1.29, 1.82) is 0 Å². The molecule has 3 aliphatic rings. The van der Waals surface area contributed by atoms with E-state index in [1.54, 1.807) is 0 Å². The molecule has 1 aliphatic carbocycles. The maximum Gasteiger partial charge on any atom is 0.251 e. The number of carbonyl (C=O) groups is 2. The first-order valence-corrected chi connectivity index (χ1v) is 11.3.